The van der Waals surface area contributed by atoms with Crippen LogP contribution in [0.25, 0.3) is 0 Å². The van der Waals surface area contributed by atoms with E-state index in [9.17, 15) is 9.59 Å². The van der Waals surface area contributed by atoms with Gasteiger partial charge in [0.25, 0.3) is 0 Å². The van der Waals surface area contributed by atoms with Crippen molar-refractivity contribution >= 4 is 11.9 Å². The SMILES string of the molecule is CC1CCCC(C)N(C(=O)C2CCCC(C(=O)O)C2)C1. The first kappa shape index (κ1) is 15.3. The molecule has 4 heteroatoms. The largest absolute Gasteiger partial charge is 0.481 e. The number of rotatable bonds is 2. The molecule has 1 saturated heterocycles. The molecule has 1 N–H and O–H groups in total. The van der Waals surface area contributed by atoms with Crippen LogP contribution in [-0.4, -0.2) is 34.5 Å². The van der Waals surface area contributed by atoms with Gasteiger partial charge in [-0.05, 0) is 44.9 Å². The van der Waals surface area contributed by atoms with Crippen molar-refractivity contribution in [2.24, 2.45) is 17.8 Å². The van der Waals surface area contributed by atoms with E-state index in [1.807, 2.05) is 4.90 Å². The van der Waals surface area contributed by atoms with E-state index in [-0.39, 0.29) is 17.7 Å². The molecule has 20 heavy (non-hydrogen) atoms. The summed E-state index contributed by atoms with van der Waals surface area (Å²) >= 11 is 0. The van der Waals surface area contributed by atoms with E-state index in [1.165, 1.54) is 12.8 Å². The number of hydrogen-bond acceptors (Lipinski definition) is 2. The lowest BCUT2D eigenvalue weighted by Crippen LogP contribution is -2.44. The molecule has 0 aromatic carbocycles. The van der Waals surface area contributed by atoms with Crippen molar-refractivity contribution in [1.29, 1.82) is 0 Å². The van der Waals surface area contributed by atoms with Crippen LogP contribution in [-0.2, 0) is 9.59 Å². The predicted molar refractivity (Wildman–Crippen MR) is 77.3 cm³/mol. The van der Waals surface area contributed by atoms with Crippen LogP contribution in [0.3, 0.4) is 0 Å². The van der Waals surface area contributed by atoms with E-state index in [1.54, 1.807) is 0 Å². The van der Waals surface area contributed by atoms with Crippen molar-refractivity contribution in [3.8, 4) is 0 Å². The van der Waals surface area contributed by atoms with Crippen LogP contribution in [0, 0.1) is 17.8 Å². The lowest BCUT2D eigenvalue weighted by Gasteiger charge is -2.35. The van der Waals surface area contributed by atoms with Gasteiger partial charge < -0.3 is 10.0 Å². The predicted octanol–water partition coefficient (Wildman–Crippen LogP) is 2.91. The third-order valence-electron chi connectivity index (χ3n) is 5.02. The van der Waals surface area contributed by atoms with Gasteiger partial charge in [0.05, 0.1) is 5.92 Å². The van der Waals surface area contributed by atoms with Crippen LogP contribution >= 0.6 is 0 Å². The molecular formula is C16H27NO3. The summed E-state index contributed by atoms with van der Waals surface area (Å²) in [5.41, 5.74) is 0. The molecule has 1 heterocycles. The van der Waals surface area contributed by atoms with Crippen molar-refractivity contribution in [3.63, 3.8) is 0 Å². The lowest BCUT2D eigenvalue weighted by molar-refractivity contribution is -0.146. The molecule has 1 aliphatic heterocycles. The molecule has 4 unspecified atom stereocenters. The van der Waals surface area contributed by atoms with Gasteiger partial charge in [0.15, 0.2) is 0 Å². The van der Waals surface area contributed by atoms with E-state index in [2.05, 4.69) is 13.8 Å². The zero-order valence-corrected chi connectivity index (χ0v) is 12.7. The fraction of sp³-hybridized carbons (Fsp3) is 0.875. The van der Waals surface area contributed by atoms with Gasteiger partial charge in [-0.25, -0.2) is 0 Å². The number of hydrogen-bond donors (Lipinski definition) is 1. The summed E-state index contributed by atoms with van der Waals surface area (Å²) in [7, 11) is 0. The maximum atomic E-state index is 12.8. The topological polar surface area (TPSA) is 57.6 Å². The summed E-state index contributed by atoms with van der Waals surface area (Å²) in [4.78, 5) is 25.9. The molecule has 1 saturated carbocycles. The molecule has 1 amide bonds. The number of carbonyl (C=O) groups excluding carboxylic acids is 1. The van der Waals surface area contributed by atoms with Gasteiger partial charge in [-0.15, -0.1) is 0 Å². The summed E-state index contributed by atoms with van der Waals surface area (Å²) in [5.74, 6) is -0.366. The highest BCUT2D eigenvalue weighted by molar-refractivity contribution is 5.80. The highest BCUT2D eigenvalue weighted by atomic mass is 16.4. The molecule has 2 rings (SSSR count). The Balaban J connectivity index is 2.03. The molecular weight excluding hydrogens is 254 g/mol. The highest BCUT2D eigenvalue weighted by Crippen LogP contribution is 2.32. The van der Waals surface area contributed by atoms with Gasteiger partial charge in [-0.3, -0.25) is 9.59 Å². The van der Waals surface area contributed by atoms with Gasteiger partial charge in [-0.1, -0.05) is 19.8 Å². The molecule has 2 fully saturated rings. The maximum Gasteiger partial charge on any atom is 0.306 e. The van der Waals surface area contributed by atoms with Crippen molar-refractivity contribution in [2.75, 3.05) is 6.54 Å². The summed E-state index contributed by atoms with van der Waals surface area (Å²) in [6, 6.07) is 0.303. The Morgan fingerprint density at radius 2 is 1.65 bits per heavy atom. The van der Waals surface area contributed by atoms with Gasteiger partial charge in [0.2, 0.25) is 5.91 Å². The van der Waals surface area contributed by atoms with Crippen LogP contribution in [0.1, 0.15) is 58.8 Å². The van der Waals surface area contributed by atoms with E-state index < -0.39 is 5.97 Å². The molecule has 4 nitrogen and oxygen atoms in total. The number of carboxylic acid groups (broad SMARTS) is 1. The molecule has 1 aliphatic carbocycles. The smallest absolute Gasteiger partial charge is 0.306 e. The number of aliphatic carboxylic acids is 1. The fourth-order valence-corrected chi connectivity index (χ4v) is 3.70. The number of nitrogens with zero attached hydrogens (tertiary/aromatic N) is 1. The Bertz CT molecular complexity index is 369. The average molecular weight is 281 g/mol. The maximum absolute atomic E-state index is 12.8. The second-order valence-electron chi connectivity index (χ2n) is 6.77. The monoisotopic (exact) mass is 281 g/mol. The standard InChI is InChI=1S/C16H27NO3/c1-11-5-3-6-12(2)17(10-11)15(18)13-7-4-8-14(9-13)16(19)20/h11-14H,3-10H2,1-2H3,(H,19,20). The molecule has 0 aromatic heterocycles. The van der Waals surface area contributed by atoms with Gasteiger partial charge in [-0.2, -0.15) is 0 Å². The molecule has 0 aromatic rings. The van der Waals surface area contributed by atoms with Crippen molar-refractivity contribution in [3.05, 3.63) is 0 Å². The third-order valence-corrected chi connectivity index (χ3v) is 5.02. The third kappa shape index (κ3) is 3.53. The van der Waals surface area contributed by atoms with E-state index in [0.29, 0.717) is 18.4 Å². The Labute approximate surface area is 121 Å². The van der Waals surface area contributed by atoms with Gasteiger partial charge in [0, 0.05) is 18.5 Å². The normalized spacial score (nSPS) is 35.4. The quantitative estimate of drug-likeness (QED) is 0.846. The minimum atomic E-state index is -0.736. The van der Waals surface area contributed by atoms with Crippen LogP contribution in [0.15, 0.2) is 0 Å². The fourth-order valence-electron chi connectivity index (χ4n) is 3.70. The first-order valence-corrected chi connectivity index (χ1v) is 8.02. The van der Waals surface area contributed by atoms with Crippen molar-refractivity contribution in [1.82, 2.24) is 4.90 Å². The second kappa shape index (κ2) is 6.59. The van der Waals surface area contributed by atoms with Crippen LogP contribution in [0.4, 0.5) is 0 Å². The second-order valence-corrected chi connectivity index (χ2v) is 6.77. The Hall–Kier alpha value is -1.06. The molecule has 0 bridgehead atoms. The number of carboxylic acids is 1. The lowest BCUT2D eigenvalue weighted by atomic mass is 9.80. The van der Waals surface area contributed by atoms with Crippen LogP contribution in [0.2, 0.25) is 0 Å². The summed E-state index contributed by atoms with van der Waals surface area (Å²) in [5, 5.41) is 9.16. The zero-order chi connectivity index (χ0) is 14.7. The van der Waals surface area contributed by atoms with Gasteiger partial charge >= 0.3 is 5.97 Å². The summed E-state index contributed by atoms with van der Waals surface area (Å²) in [6.45, 7) is 5.18. The highest BCUT2D eigenvalue weighted by Gasteiger charge is 2.35. The molecule has 4 atom stereocenters. The van der Waals surface area contributed by atoms with Crippen molar-refractivity contribution < 1.29 is 14.7 Å². The van der Waals surface area contributed by atoms with Gasteiger partial charge in [0.1, 0.15) is 0 Å². The first-order valence-electron chi connectivity index (χ1n) is 8.02. The number of carbonyl (C=O) groups is 2. The van der Waals surface area contributed by atoms with Crippen LogP contribution in [0.5, 0.6) is 0 Å². The minimum Gasteiger partial charge on any atom is -0.481 e. The minimum absolute atomic E-state index is 0.0717. The van der Waals surface area contributed by atoms with E-state index in [0.717, 1.165) is 32.2 Å². The Morgan fingerprint density at radius 3 is 2.35 bits per heavy atom. The first-order chi connectivity index (χ1) is 9.49. The Kier molecular flexibility index (Phi) is 5.06. The summed E-state index contributed by atoms with van der Waals surface area (Å²) in [6.07, 6.45) is 6.44. The summed E-state index contributed by atoms with van der Waals surface area (Å²) < 4.78 is 0. The average Bonchev–Trinajstić information content (AvgIpc) is 2.59. The molecule has 0 radical (unpaired) electrons. The van der Waals surface area contributed by atoms with Crippen molar-refractivity contribution in [2.45, 2.75) is 64.8 Å². The Morgan fingerprint density at radius 1 is 1.00 bits per heavy atom. The number of amides is 1. The van der Waals surface area contributed by atoms with Crippen LogP contribution < -0.4 is 0 Å². The molecule has 2 aliphatic rings. The van der Waals surface area contributed by atoms with E-state index in [4.69, 9.17) is 5.11 Å². The van der Waals surface area contributed by atoms with E-state index >= 15 is 0 Å². The number of likely N-dealkylation sites (tertiary alicyclic amines) is 1. The zero-order valence-electron chi connectivity index (χ0n) is 12.7. The molecule has 114 valence electrons. The molecule has 0 spiro atoms.